The Kier molecular flexibility index (Phi) is 6.17. The van der Waals surface area contributed by atoms with Gasteiger partial charge in [-0.1, -0.05) is 18.2 Å². The van der Waals surface area contributed by atoms with Crippen LogP contribution in [0.1, 0.15) is 10.4 Å². The standard InChI is InChI=1S/C18H23N3O3S/c1-20(2)25(23,24)17-11-9-15(10-12-17)18(22)19-13-14-21(3)16-7-5-4-6-8-16/h4-12H,13-14H2,1-3H3,(H,19,22). The molecule has 0 aliphatic carbocycles. The largest absolute Gasteiger partial charge is 0.373 e. The van der Waals surface area contributed by atoms with Crippen LogP contribution in [-0.4, -0.2) is 52.9 Å². The number of amides is 1. The second kappa shape index (κ2) is 8.13. The molecule has 0 spiro atoms. The molecule has 0 aliphatic rings. The summed E-state index contributed by atoms with van der Waals surface area (Å²) in [4.78, 5) is 14.4. The molecule has 0 aromatic heterocycles. The highest BCUT2D eigenvalue weighted by molar-refractivity contribution is 7.89. The molecule has 2 aromatic rings. The van der Waals surface area contributed by atoms with Gasteiger partial charge in [0.05, 0.1) is 4.90 Å². The molecule has 0 bridgehead atoms. The van der Waals surface area contributed by atoms with E-state index in [2.05, 4.69) is 5.32 Å². The number of rotatable bonds is 7. The van der Waals surface area contributed by atoms with E-state index in [1.54, 1.807) is 0 Å². The van der Waals surface area contributed by atoms with E-state index in [0.717, 1.165) is 9.99 Å². The van der Waals surface area contributed by atoms with Gasteiger partial charge in [0.1, 0.15) is 0 Å². The van der Waals surface area contributed by atoms with E-state index < -0.39 is 10.0 Å². The van der Waals surface area contributed by atoms with Gasteiger partial charge in [0.25, 0.3) is 5.91 Å². The Hall–Kier alpha value is -2.38. The second-order valence-corrected chi connectivity index (χ2v) is 7.98. The van der Waals surface area contributed by atoms with Crippen molar-refractivity contribution in [1.82, 2.24) is 9.62 Å². The summed E-state index contributed by atoms with van der Waals surface area (Å²) in [6.45, 7) is 1.16. The zero-order valence-electron chi connectivity index (χ0n) is 14.6. The number of para-hydroxylation sites is 1. The number of likely N-dealkylation sites (N-methyl/N-ethyl adjacent to an activating group) is 1. The van der Waals surface area contributed by atoms with Gasteiger partial charge in [0, 0.05) is 45.5 Å². The van der Waals surface area contributed by atoms with Gasteiger partial charge in [-0.15, -0.1) is 0 Å². The summed E-state index contributed by atoms with van der Waals surface area (Å²) >= 11 is 0. The lowest BCUT2D eigenvalue weighted by Crippen LogP contribution is -2.33. The van der Waals surface area contributed by atoms with Crippen molar-refractivity contribution < 1.29 is 13.2 Å². The Bertz CT molecular complexity index is 803. The van der Waals surface area contributed by atoms with E-state index in [0.29, 0.717) is 18.7 Å². The Labute approximate surface area is 149 Å². The van der Waals surface area contributed by atoms with Crippen molar-refractivity contribution in [2.24, 2.45) is 0 Å². The van der Waals surface area contributed by atoms with Gasteiger partial charge in [0.2, 0.25) is 10.0 Å². The first kappa shape index (κ1) is 19.0. The van der Waals surface area contributed by atoms with Gasteiger partial charge in [-0.3, -0.25) is 4.79 Å². The zero-order chi connectivity index (χ0) is 18.4. The van der Waals surface area contributed by atoms with E-state index in [4.69, 9.17) is 0 Å². The van der Waals surface area contributed by atoms with Crippen molar-refractivity contribution >= 4 is 21.6 Å². The smallest absolute Gasteiger partial charge is 0.251 e. The maximum absolute atomic E-state index is 12.2. The minimum Gasteiger partial charge on any atom is -0.373 e. The number of benzene rings is 2. The average Bonchev–Trinajstić information content (AvgIpc) is 2.62. The van der Waals surface area contributed by atoms with Crippen molar-refractivity contribution in [1.29, 1.82) is 0 Å². The molecule has 0 fully saturated rings. The molecule has 0 unspecified atom stereocenters. The normalized spacial score (nSPS) is 11.4. The topological polar surface area (TPSA) is 69.7 Å². The van der Waals surface area contributed by atoms with Crippen molar-refractivity contribution in [3.8, 4) is 0 Å². The monoisotopic (exact) mass is 361 g/mol. The molecule has 0 heterocycles. The van der Waals surface area contributed by atoms with Crippen LogP contribution in [0.3, 0.4) is 0 Å². The predicted molar refractivity (Wildman–Crippen MR) is 99.4 cm³/mol. The molecule has 25 heavy (non-hydrogen) atoms. The van der Waals surface area contributed by atoms with Gasteiger partial charge in [-0.2, -0.15) is 0 Å². The fourth-order valence-corrected chi connectivity index (χ4v) is 3.14. The maximum atomic E-state index is 12.2. The van der Waals surface area contributed by atoms with E-state index in [1.165, 1.54) is 38.4 Å². The van der Waals surface area contributed by atoms with Crippen molar-refractivity contribution in [3.05, 3.63) is 60.2 Å². The molecule has 6 nitrogen and oxygen atoms in total. The van der Waals surface area contributed by atoms with Gasteiger partial charge >= 0.3 is 0 Å². The Morgan fingerprint density at radius 2 is 1.56 bits per heavy atom. The van der Waals surface area contributed by atoms with Crippen LogP contribution >= 0.6 is 0 Å². The van der Waals surface area contributed by atoms with Crippen LogP contribution in [0.2, 0.25) is 0 Å². The van der Waals surface area contributed by atoms with Crippen LogP contribution in [0.25, 0.3) is 0 Å². The molecule has 0 saturated heterocycles. The molecule has 0 atom stereocenters. The summed E-state index contributed by atoms with van der Waals surface area (Å²) in [7, 11) is 1.42. The van der Waals surface area contributed by atoms with E-state index in [1.807, 2.05) is 42.3 Å². The van der Waals surface area contributed by atoms with Gasteiger partial charge < -0.3 is 10.2 Å². The third-order valence-corrected chi connectivity index (χ3v) is 5.65. The number of nitrogens with one attached hydrogen (secondary N) is 1. The molecule has 0 aliphatic heterocycles. The molecule has 1 N–H and O–H groups in total. The summed E-state index contributed by atoms with van der Waals surface area (Å²) in [6.07, 6.45) is 0. The number of carbonyl (C=O) groups is 1. The third-order valence-electron chi connectivity index (χ3n) is 3.82. The van der Waals surface area contributed by atoms with Crippen LogP contribution in [0.5, 0.6) is 0 Å². The first-order valence-corrected chi connectivity index (χ1v) is 9.33. The average molecular weight is 361 g/mol. The molecule has 0 saturated carbocycles. The lowest BCUT2D eigenvalue weighted by Gasteiger charge is -2.19. The predicted octanol–water partition coefficient (Wildman–Crippen LogP) is 1.80. The van der Waals surface area contributed by atoms with Crippen molar-refractivity contribution in [2.45, 2.75) is 4.90 Å². The number of anilines is 1. The highest BCUT2D eigenvalue weighted by atomic mass is 32.2. The fourth-order valence-electron chi connectivity index (χ4n) is 2.24. The van der Waals surface area contributed by atoms with Crippen molar-refractivity contribution in [3.63, 3.8) is 0 Å². The summed E-state index contributed by atoms with van der Waals surface area (Å²) in [6, 6.07) is 15.8. The van der Waals surface area contributed by atoms with E-state index in [9.17, 15) is 13.2 Å². The number of sulfonamides is 1. The molecule has 7 heteroatoms. The van der Waals surface area contributed by atoms with Gasteiger partial charge in [-0.25, -0.2) is 12.7 Å². The summed E-state index contributed by atoms with van der Waals surface area (Å²) in [5, 5.41) is 2.84. The van der Waals surface area contributed by atoms with E-state index in [-0.39, 0.29) is 10.8 Å². The van der Waals surface area contributed by atoms with Gasteiger partial charge in [-0.05, 0) is 36.4 Å². The second-order valence-electron chi connectivity index (χ2n) is 5.82. The first-order valence-electron chi connectivity index (χ1n) is 7.89. The number of hydrogen-bond donors (Lipinski definition) is 1. The van der Waals surface area contributed by atoms with Crippen LogP contribution in [0, 0.1) is 0 Å². The zero-order valence-corrected chi connectivity index (χ0v) is 15.5. The molecule has 1 amide bonds. The van der Waals surface area contributed by atoms with Gasteiger partial charge in [0.15, 0.2) is 0 Å². The minimum atomic E-state index is -3.48. The first-order chi connectivity index (χ1) is 11.8. The lowest BCUT2D eigenvalue weighted by molar-refractivity contribution is 0.0954. The van der Waals surface area contributed by atoms with E-state index >= 15 is 0 Å². The lowest BCUT2D eigenvalue weighted by atomic mass is 10.2. The van der Waals surface area contributed by atoms with Crippen LogP contribution in [-0.2, 0) is 10.0 Å². The summed E-state index contributed by atoms with van der Waals surface area (Å²) in [5.41, 5.74) is 1.51. The minimum absolute atomic E-state index is 0.165. The Morgan fingerprint density at radius 3 is 2.12 bits per heavy atom. The van der Waals surface area contributed by atoms with Crippen molar-refractivity contribution in [2.75, 3.05) is 39.1 Å². The van der Waals surface area contributed by atoms with Crippen LogP contribution < -0.4 is 10.2 Å². The molecular weight excluding hydrogens is 338 g/mol. The summed E-state index contributed by atoms with van der Waals surface area (Å²) < 4.78 is 25.2. The Balaban J connectivity index is 1.91. The van der Waals surface area contributed by atoms with Crippen LogP contribution in [0.4, 0.5) is 5.69 Å². The maximum Gasteiger partial charge on any atom is 0.251 e. The number of nitrogens with zero attached hydrogens (tertiary/aromatic N) is 2. The molecule has 2 rings (SSSR count). The van der Waals surface area contributed by atoms with Crippen LogP contribution in [0.15, 0.2) is 59.5 Å². The molecular formula is C18H23N3O3S. The quantitative estimate of drug-likeness (QED) is 0.816. The SMILES string of the molecule is CN(CCNC(=O)c1ccc(S(=O)(=O)N(C)C)cc1)c1ccccc1. The summed E-state index contributed by atoms with van der Waals surface area (Å²) in [5.74, 6) is -0.227. The number of carbonyl (C=O) groups excluding carboxylic acids is 1. The molecule has 0 radical (unpaired) electrons. The number of hydrogen-bond acceptors (Lipinski definition) is 4. The third kappa shape index (κ3) is 4.80. The highest BCUT2D eigenvalue weighted by Gasteiger charge is 2.17. The molecule has 134 valence electrons. The Morgan fingerprint density at radius 1 is 0.960 bits per heavy atom. The highest BCUT2D eigenvalue weighted by Crippen LogP contribution is 2.14. The molecule has 2 aromatic carbocycles. The fraction of sp³-hybridized carbons (Fsp3) is 0.278.